The summed E-state index contributed by atoms with van der Waals surface area (Å²) < 4.78 is 0. The molecular weight excluding hydrogens is 102 g/mol. The Morgan fingerprint density at radius 1 is 1.62 bits per heavy atom. The lowest BCUT2D eigenvalue weighted by Gasteiger charge is -1.76. The summed E-state index contributed by atoms with van der Waals surface area (Å²) >= 11 is 0. The topological polar surface area (TPSA) is 29.4 Å². The van der Waals surface area contributed by atoms with Gasteiger partial charge in [-0.2, -0.15) is 0 Å². The van der Waals surface area contributed by atoms with Gasteiger partial charge in [-0.25, -0.2) is 0 Å². The van der Waals surface area contributed by atoms with Gasteiger partial charge in [0.2, 0.25) is 0 Å². The van der Waals surface area contributed by atoms with Crippen molar-refractivity contribution in [2.75, 3.05) is 0 Å². The number of hydrogen-bond acceptors (Lipinski definition) is 2. The van der Waals surface area contributed by atoms with E-state index in [0.29, 0.717) is 11.9 Å². The molecule has 0 saturated heterocycles. The molecule has 42 valence electrons. The van der Waals surface area contributed by atoms with Crippen LogP contribution in [0.2, 0.25) is 0 Å². The maximum absolute atomic E-state index is 9.79. The zero-order chi connectivity index (χ0) is 6.41. The lowest BCUT2D eigenvalue weighted by molar-refractivity contribution is -0.104. The van der Waals surface area contributed by atoms with Crippen LogP contribution in [-0.4, -0.2) is 12.5 Å². The summed E-state index contributed by atoms with van der Waals surface area (Å²) in [7, 11) is 0. The monoisotopic (exact) mass is 109 g/mol. The van der Waals surface area contributed by atoms with E-state index in [1.165, 1.54) is 12.4 Å². The normalized spacial score (nSPS) is 9.00. The highest BCUT2D eigenvalue weighted by Gasteiger charge is 1.77. The molecule has 0 radical (unpaired) electrons. The van der Waals surface area contributed by atoms with Crippen LogP contribution in [-0.2, 0) is 4.79 Å². The highest BCUT2D eigenvalue weighted by Crippen LogP contribution is 1.75. The Morgan fingerprint density at radius 3 is 2.62 bits per heavy atom. The third-order valence-electron chi connectivity index (χ3n) is 0.497. The Morgan fingerprint density at radius 2 is 2.25 bits per heavy atom. The molecule has 0 saturated carbocycles. The van der Waals surface area contributed by atoms with Crippen molar-refractivity contribution in [3.63, 3.8) is 0 Å². The van der Waals surface area contributed by atoms with E-state index in [0.717, 1.165) is 0 Å². The predicted molar refractivity (Wildman–Crippen MR) is 33.9 cm³/mol. The van der Waals surface area contributed by atoms with Gasteiger partial charge in [0.15, 0.2) is 6.29 Å². The second kappa shape index (κ2) is 3.99. The van der Waals surface area contributed by atoms with Gasteiger partial charge in [0.05, 0.1) is 0 Å². The quantitative estimate of drug-likeness (QED) is 0.301. The number of aldehydes is 1. The highest BCUT2D eigenvalue weighted by molar-refractivity contribution is 6.01. The summed E-state index contributed by atoms with van der Waals surface area (Å²) in [4.78, 5) is 13.3. The number of carbonyl (C=O) groups excluding carboxylic acids is 1. The molecule has 0 unspecified atom stereocenters. The van der Waals surface area contributed by atoms with Crippen molar-refractivity contribution in [1.29, 1.82) is 0 Å². The summed E-state index contributed by atoms with van der Waals surface area (Å²) in [6.45, 7) is 6.66. The van der Waals surface area contributed by atoms with Gasteiger partial charge >= 0.3 is 0 Å². The van der Waals surface area contributed by atoms with Crippen LogP contribution < -0.4 is 0 Å². The first-order valence-corrected chi connectivity index (χ1v) is 2.09. The third-order valence-corrected chi connectivity index (χ3v) is 0.497. The van der Waals surface area contributed by atoms with Crippen LogP contribution in [0.5, 0.6) is 0 Å². The number of allylic oxidation sites excluding steroid dienone is 1. The van der Waals surface area contributed by atoms with Gasteiger partial charge in [0, 0.05) is 18.0 Å². The van der Waals surface area contributed by atoms with E-state index in [9.17, 15) is 4.79 Å². The molecule has 0 N–H and O–H groups in total. The van der Waals surface area contributed by atoms with E-state index in [-0.39, 0.29) is 0 Å². The minimum atomic E-state index is 0.352. The maximum atomic E-state index is 9.79. The first kappa shape index (κ1) is 6.82. The SMILES string of the molecule is C=C/N=C\C(=C)C=O. The highest BCUT2D eigenvalue weighted by atomic mass is 16.1. The number of nitrogens with zero attached hydrogens (tertiary/aromatic N) is 1. The standard InChI is InChI=1S/C6H7NO/c1-3-7-4-6(2)5-8/h3-5H,1-2H2/b7-4-. The Balaban J connectivity index is 3.69. The fourth-order valence-corrected chi connectivity index (χ4v) is 0.179. The Hall–Kier alpha value is -1.18. The van der Waals surface area contributed by atoms with E-state index in [4.69, 9.17) is 0 Å². The van der Waals surface area contributed by atoms with E-state index in [2.05, 4.69) is 18.2 Å². The Bertz CT molecular complexity index is 135. The second-order valence-electron chi connectivity index (χ2n) is 1.15. The first-order valence-electron chi connectivity index (χ1n) is 2.09. The molecule has 0 spiro atoms. The van der Waals surface area contributed by atoms with Gasteiger partial charge < -0.3 is 0 Å². The number of carbonyl (C=O) groups is 1. The van der Waals surface area contributed by atoms with E-state index in [1.54, 1.807) is 0 Å². The molecule has 0 fully saturated rings. The van der Waals surface area contributed by atoms with Crippen LogP contribution in [0, 0.1) is 0 Å². The van der Waals surface area contributed by atoms with E-state index < -0.39 is 0 Å². The molecule has 0 aromatic carbocycles. The summed E-state index contributed by atoms with van der Waals surface area (Å²) in [5, 5.41) is 0. The van der Waals surface area contributed by atoms with Crippen molar-refractivity contribution in [3.8, 4) is 0 Å². The fourth-order valence-electron chi connectivity index (χ4n) is 0.179. The minimum Gasteiger partial charge on any atom is -0.298 e. The summed E-state index contributed by atoms with van der Waals surface area (Å²) in [5.41, 5.74) is 0.352. The molecule has 0 aliphatic carbocycles. The molecule has 8 heavy (non-hydrogen) atoms. The fraction of sp³-hybridized carbons (Fsp3) is 0. The van der Waals surface area contributed by atoms with Gasteiger partial charge in [0.1, 0.15) is 0 Å². The van der Waals surface area contributed by atoms with Crippen molar-refractivity contribution >= 4 is 12.5 Å². The van der Waals surface area contributed by atoms with Gasteiger partial charge in [-0.15, -0.1) is 0 Å². The van der Waals surface area contributed by atoms with Crippen LogP contribution >= 0.6 is 0 Å². The molecule has 0 heterocycles. The van der Waals surface area contributed by atoms with Gasteiger partial charge in [-0.1, -0.05) is 13.2 Å². The van der Waals surface area contributed by atoms with Gasteiger partial charge in [-0.05, 0) is 0 Å². The summed E-state index contributed by atoms with van der Waals surface area (Å²) in [6, 6.07) is 0. The third kappa shape index (κ3) is 3.03. The average molecular weight is 109 g/mol. The second-order valence-corrected chi connectivity index (χ2v) is 1.15. The van der Waals surface area contributed by atoms with Crippen LogP contribution in [0.15, 0.2) is 29.9 Å². The molecule has 2 heteroatoms. The van der Waals surface area contributed by atoms with Crippen LogP contribution in [0.3, 0.4) is 0 Å². The molecule has 0 atom stereocenters. The zero-order valence-electron chi connectivity index (χ0n) is 4.50. The molecule has 0 amide bonds. The molecule has 0 aromatic rings. The summed E-state index contributed by atoms with van der Waals surface area (Å²) in [5.74, 6) is 0. The lowest BCUT2D eigenvalue weighted by Crippen LogP contribution is -1.79. The summed E-state index contributed by atoms with van der Waals surface area (Å²) in [6.07, 6.45) is 3.32. The van der Waals surface area contributed by atoms with Crippen molar-refractivity contribution in [2.24, 2.45) is 4.99 Å². The van der Waals surface area contributed by atoms with E-state index >= 15 is 0 Å². The van der Waals surface area contributed by atoms with Crippen molar-refractivity contribution in [2.45, 2.75) is 0 Å². The van der Waals surface area contributed by atoms with Gasteiger partial charge in [-0.3, -0.25) is 9.79 Å². The first-order chi connectivity index (χ1) is 3.81. The molecule has 0 aromatic heterocycles. The smallest absolute Gasteiger partial charge is 0.150 e. The minimum absolute atomic E-state index is 0.352. The number of rotatable bonds is 3. The molecule has 2 nitrogen and oxygen atoms in total. The Labute approximate surface area is 48.2 Å². The van der Waals surface area contributed by atoms with Crippen LogP contribution in [0.25, 0.3) is 0 Å². The molecular formula is C6H7NO. The average Bonchev–Trinajstić information content (AvgIpc) is 1.83. The molecule has 0 bridgehead atoms. The van der Waals surface area contributed by atoms with E-state index in [1.807, 2.05) is 0 Å². The van der Waals surface area contributed by atoms with Crippen molar-refractivity contribution in [3.05, 3.63) is 24.9 Å². The van der Waals surface area contributed by atoms with Crippen molar-refractivity contribution < 1.29 is 4.79 Å². The molecule has 0 aliphatic heterocycles. The van der Waals surface area contributed by atoms with Crippen LogP contribution in [0.4, 0.5) is 0 Å². The maximum Gasteiger partial charge on any atom is 0.150 e. The van der Waals surface area contributed by atoms with Crippen LogP contribution in [0.1, 0.15) is 0 Å². The Kier molecular flexibility index (Phi) is 3.40. The van der Waals surface area contributed by atoms with Gasteiger partial charge in [0.25, 0.3) is 0 Å². The lowest BCUT2D eigenvalue weighted by atomic mass is 10.4. The zero-order valence-corrected chi connectivity index (χ0v) is 4.50. The molecule has 0 aliphatic rings. The molecule has 0 rings (SSSR count). The number of aliphatic imine (C=N–C) groups is 1. The largest absolute Gasteiger partial charge is 0.298 e. The number of hydrogen-bond donors (Lipinski definition) is 0. The van der Waals surface area contributed by atoms with Crippen molar-refractivity contribution in [1.82, 2.24) is 0 Å². The predicted octanol–water partition coefficient (Wildman–Crippen LogP) is 0.956.